The maximum absolute atomic E-state index is 15.5. The first-order valence-electron chi connectivity index (χ1n) is 10.2. The Bertz CT molecular complexity index is 1320. The zero-order valence-electron chi connectivity index (χ0n) is 17.4. The van der Waals surface area contributed by atoms with Crippen LogP contribution in [0.1, 0.15) is 18.9 Å². The van der Waals surface area contributed by atoms with Gasteiger partial charge in [-0.3, -0.25) is 9.89 Å². The van der Waals surface area contributed by atoms with Crippen molar-refractivity contribution in [1.29, 1.82) is 0 Å². The van der Waals surface area contributed by atoms with Gasteiger partial charge in [0.2, 0.25) is 5.91 Å². The number of carbonyl (C=O) groups is 1. The molecule has 1 amide bonds. The number of nitrogens with one attached hydrogen (secondary N) is 2. The summed E-state index contributed by atoms with van der Waals surface area (Å²) in [6.07, 6.45) is 3.19. The largest absolute Gasteiger partial charge is 0.374 e. The van der Waals surface area contributed by atoms with E-state index in [1.165, 1.54) is 0 Å². The van der Waals surface area contributed by atoms with E-state index in [2.05, 4.69) is 20.6 Å². The number of carbonyl (C=O) groups excluding carboxylic acids is 1. The van der Waals surface area contributed by atoms with Gasteiger partial charge in [-0.25, -0.2) is 13.3 Å². The number of halogens is 2. The topological polar surface area (TPSA) is 78.3 Å². The summed E-state index contributed by atoms with van der Waals surface area (Å²) in [5, 5.41) is 14.9. The Kier molecular flexibility index (Phi) is 4.42. The van der Waals surface area contributed by atoms with Gasteiger partial charge in [-0.05, 0) is 41.7 Å². The molecule has 2 atom stereocenters. The minimum absolute atomic E-state index is 0.262. The molecule has 1 aromatic carbocycles. The molecule has 1 aliphatic rings. The Balaban J connectivity index is 1.61. The molecule has 0 bridgehead atoms. The van der Waals surface area contributed by atoms with Crippen molar-refractivity contribution in [2.45, 2.75) is 25.9 Å². The lowest BCUT2D eigenvalue weighted by Gasteiger charge is -2.20. The summed E-state index contributed by atoms with van der Waals surface area (Å²) >= 11 is 0. The highest BCUT2D eigenvalue weighted by Crippen LogP contribution is 2.40. The number of hydrogen-bond acceptors (Lipinski definition) is 4. The average molecular weight is 424 g/mol. The molecular weight excluding hydrogens is 402 g/mol. The van der Waals surface area contributed by atoms with Crippen LogP contribution in [0.4, 0.5) is 20.3 Å². The number of amides is 1. The van der Waals surface area contributed by atoms with Crippen LogP contribution in [0.3, 0.4) is 0 Å². The van der Waals surface area contributed by atoms with Gasteiger partial charge in [0.25, 0.3) is 0 Å². The molecule has 5 rings (SSSR count). The fourth-order valence-electron chi connectivity index (χ4n) is 4.13. The lowest BCUT2D eigenvalue weighted by atomic mass is 9.93. The molecule has 3 heterocycles. The highest BCUT2D eigenvalue weighted by Gasteiger charge is 2.43. The minimum atomic E-state index is -1.06. The van der Waals surface area contributed by atoms with Crippen LogP contribution in [0, 0.1) is 11.7 Å². The van der Waals surface area contributed by atoms with E-state index in [4.69, 9.17) is 0 Å². The number of pyridine rings is 1. The molecule has 1 saturated carbocycles. The second kappa shape index (κ2) is 7.04. The summed E-state index contributed by atoms with van der Waals surface area (Å²) in [4.78, 5) is 13.8. The number of fused-ring (bicyclic) bond motifs is 2. The number of H-pyrrole nitrogens is 1. The number of aromatic nitrogens is 4. The first-order valence-corrected chi connectivity index (χ1v) is 10.2. The SMILES string of the molecule is CCc1c(F)c(N(C)C)c2[nH]ncc2c1-c1ccn2nc(NC(=O)[C@@H]3C[C@@H]3F)cc2c1. The van der Waals surface area contributed by atoms with E-state index < -0.39 is 12.1 Å². The summed E-state index contributed by atoms with van der Waals surface area (Å²) in [6, 6.07) is 5.48. The average Bonchev–Trinajstić information content (AvgIpc) is 3.11. The predicted molar refractivity (Wildman–Crippen MR) is 116 cm³/mol. The Hall–Kier alpha value is -3.49. The lowest BCUT2D eigenvalue weighted by molar-refractivity contribution is -0.117. The minimum Gasteiger partial charge on any atom is -0.374 e. The fourth-order valence-corrected chi connectivity index (χ4v) is 4.13. The molecule has 1 aliphatic carbocycles. The van der Waals surface area contributed by atoms with E-state index in [0.29, 0.717) is 29.0 Å². The van der Waals surface area contributed by atoms with Crippen LogP contribution in [-0.2, 0) is 11.2 Å². The van der Waals surface area contributed by atoms with Crippen LogP contribution >= 0.6 is 0 Å². The first kappa shape index (κ1) is 19.5. The molecule has 0 saturated heterocycles. The van der Waals surface area contributed by atoms with Gasteiger partial charge >= 0.3 is 0 Å². The molecule has 160 valence electrons. The second-order valence-corrected chi connectivity index (χ2v) is 8.08. The van der Waals surface area contributed by atoms with Crippen LogP contribution in [-0.4, -0.2) is 46.0 Å². The Morgan fingerprint density at radius 2 is 2.16 bits per heavy atom. The van der Waals surface area contributed by atoms with E-state index in [1.54, 1.807) is 42.0 Å². The van der Waals surface area contributed by atoms with Crippen LogP contribution in [0.25, 0.3) is 27.5 Å². The van der Waals surface area contributed by atoms with Crippen molar-refractivity contribution in [2.24, 2.45) is 5.92 Å². The molecule has 1 fully saturated rings. The van der Waals surface area contributed by atoms with Crippen LogP contribution in [0.15, 0.2) is 30.6 Å². The number of alkyl halides is 1. The standard InChI is InChI=1S/C22H22F2N6O/c1-4-13-18(15-10-25-27-20(15)21(19(13)24)29(2)3)11-5-6-30-12(7-11)8-17(28-30)26-22(31)14-9-16(14)23/h5-8,10,14,16H,4,9H2,1-3H3,(H,25,27)(H,26,28,31)/t14-,16+/m1/s1. The molecule has 9 heteroatoms. The number of anilines is 2. The van der Waals surface area contributed by atoms with Crippen molar-refractivity contribution in [3.8, 4) is 11.1 Å². The third-order valence-corrected chi connectivity index (χ3v) is 5.77. The van der Waals surface area contributed by atoms with Crippen molar-refractivity contribution >= 4 is 33.8 Å². The highest BCUT2D eigenvalue weighted by molar-refractivity contribution is 6.03. The van der Waals surface area contributed by atoms with E-state index in [0.717, 1.165) is 22.0 Å². The third kappa shape index (κ3) is 3.11. The molecule has 7 nitrogen and oxygen atoms in total. The lowest BCUT2D eigenvalue weighted by Crippen LogP contribution is -2.15. The van der Waals surface area contributed by atoms with Gasteiger partial charge in [0, 0.05) is 31.7 Å². The third-order valence-electron chi connectivity index (χ3n) is 5.77. The van der Waals surface area contributed by atoms with Crippen LogP contribution in [0.5, 0.6) is 0 Å². The zero-order chi connectivity index (χ0) is 21.9. The normalized spacial score (nSPS) is 18.0. The van der Waals surface area contributed by atoms with Crippen LogP contribution in [0.2, 0.25) is 0 Å². The van der Waals surface area contributed by atoms with Gasteiger partial charge in [0.1, 0.15) is 6.17 Å². The molecule has 3 aromatic heterocycles. The molecule has 0 unspecified atom stereocenters. The summed E-state index contributed by atoms with van der Waals surface area (Å²) in [5.74, 6) is -0.851. The molecule has 0 radical (unpaired) electrons. The molecule has 4 aromatic rings. The molecule has 31 heavy (non-hydrogen) atoms. The van der Waals surface area contributed by atoms with E-state index >= 15 is 4.39 Å². The number of rotatable bonds is 5. The van der Waals surface area contributed by atoms with Crippen molar-refractivity contribution in [3.05, 3.63) is 42.0 Å². The van der Waals surface area contributed by atoms with Crippen molar-refractivity contribution in [1.82, 2.24) is 19.8 Å². The predicted octanol–water partition coefficient (Wildman–Crippen LogP) is 3.94. The summed E-state index contributed by atoms with van der Waals surface area (Å²) in [7, 11) is 3.61. The summed E-state index contributed by atoms with van der Waals surface area (Å²) in [5.41, 5.74) is 4.07. The number of nitrogens with zero attached hydrogens (tertiary/aromatic N) is 4. The van der Waals surface area contributed by atoms with Crippen LogP contribution < -0.4 is 10.2 Å². The van der Waals surface area contributed by atoms with Gasteiger partial charge in [-0.1, -0.05) is 6.92 Å². The van der Waals surface area contributed by atoms with E-state index in [1.807, 2.05) is 19.1 Å². The van der Waals surface area contributed by atoms with Gasteiger partial charge in [-0.2, -0.15) is 10.2 Å². The first-order chi connectivity index (χ1) is 14.9. The maximum atomic E-state index is 15.5. The maximum Gasteiger partial charge on any atom is 0.231 e. The number of benzene rings is 1. The Morgan fingerprint density at radius 1 is 1.39 bits per heavy atom. The van der Waals surface area contributed by atoms with Crippen molar-refractivity contribution in [3.63, 3.8) is 0 Å². The second-order valence-electron chi connectivity index (χ2n) is 8.08. The Labute approximate surface area is 177 Å². The molecular formula is C22H22F2N6O. The smallest absolute Gasteiger partial charge is 0.231 e. The molecule has 2 N–H and O–H groups in total. The van der Waals surface area contributed by atoms with Crippen molar-refractivity contribution < 1.29 is 13.6 Å². The number of aromatic amines is 1. The summed E-state index contributed by atoms with van der Waals surface area (Å²) in [6.45, 7) is 1.92. The van der Waals surface area contributed by atoms with Gasteiger partial charge < -0.3 is 10.2 Å². The monoisotopic (exact) mass is 424 g/mol. The molecule has 0 spiro atoms. The van der Waals surface area contributed by atoms with Crippen molar-refractivity contribution in [2.75, 3.05) is 24.3 Å². The quantitative estimate of drug-likeness (QED) is 0.509. The highest BCUT2D eigenvalue weighted by atomic mass is 19.1. The zero-order valence-corrected chi connectivity index (χ0v) is 17.4. The van der Waals surface area contributed by atoms with E-state index in [-0.39, 0.29) is 18.1 Å². The molecule has 0 aliphatic heterocycles. The van der Waals surface area contributed by atoms with E-state index in [9.17, 15) is 9.18 Å². The number of hydrogen-bond donors (Lipinski definition) is 2. The fraction of sp³-hybridized carbons (Fsp3) is 0.318. The van der Waals surface area contributed by atoms with Gasteiger partial charge in [0.05, 0.1) is 28.8 Å². The Morgan fingerprint density at radius 3 is 2.84 bits per heavy atom. The summed E-state index contributed by atoms with van der Waals surface area (Å²) < 4.78 is 30.2. The van der Waals surface area contributed by atoms with Gasteiger partial charge in [0.15, 0.2) is 11.6 Å². The van der Waals surface area contributed by atoms with Gasteiger partial charge in [-0.15, -0.1) is 0 Å².